The Morgan fingerprint density at radius 1 is 1.29 bits per heavy atom. The van der Waals surface area contributed by atoms with Gasteiger partial charge in [0.2, 0.25) is 5.91 Å². The normalized spacial score (nSPS) is 12.8. The second kappa shape index (κ2) is 10.5. The van der Waals surface area contributed by atoms with Crippen LogP contribution in [0.1, 0.15) is 46.5 Å². The van der Waals surface area contributed by atoms with Crippen LogP contribution in [0.4, 0.5) is 0 Å². The molecule has 0 aromatic carbocycles. The minimum Gasteiger partial charge on any atom is -0.380 e. The zero-order valence-electron chi connectivity index (χ0n) is 11.5. The summed E-state index contributed by atoms with van der Waals surface area (Å²) in [5.74, 6) is 0.523. The smallest absolute Gasteiger partial charge is 0.220 e. The van der Waals surface area contributed by atoms with Gasteiger partial charge in [-0.3, -0.25) is 4.79 Å². The van der Waals surface area contributed by atoms with E-state index in [2.05, 4.69) is 19.2 Å². The first-order valence-corrected chi connectivity index (χ1v) is 6.69. The number of hydrogen-bond donors (Lipinski definition) is 2. The third-order valence-corrected chi connectivity index (χ3v) is 2.76. The number of ether oxygens (including phenoxy) is 1. The molecule has 1 amide bonds. The quantitative estimate of drug-likeness (QED) is 0.575. The van der Waals surface area contributed by atoms with Gasteiger partial charge in [0.05, 0.1) is 12.6 Å². The summed E-state index contributed by atoms with van der Waals surface area (Å²) in [6.07, 6.45) is 3.54. The minimum atomic E-state index is 0.122. The number of amides is 1. The molecule has 3 N–H and O–H groups in total. The number of unbranched alkanes of at least 4 members (excludes halogenated alkanes) is 2. The van der Waals surface area contributed by atoms with Crippen LogP contribution in [0.15, 0.2) is 0 Å². The van der Waals surface area contributed by atoms with Crippen LogP contribution in [-0.2, 0) is 9.53 Å². The summed E-state index contributed by atoms with van der Waals surface area (Å²) in [6.45, 7) is 8.15. The molecule has 0 bridgehead atoms. The van der Waals surface area contributed by atoms with Crippen molar-refractivity contribution < 1.29 is 9.53 Å². The van der Waals surface area contributed by atoms with Crippen molar-refractivity contribution in [2.24, 2.45) is 11.7 Å². The molecule has 17 heavy (non-hydrogen) atoms. The maximum atomic E-state index is 11.7. The molecule has 0 aromatic heterocycles. The van der Waals surface area contributed by atoms with Crippen molar-refractivity contribution in [3.8, 4) is 0 Å². The highest BCUT2D eigenvalue weighted by atomic mass is 16.5. The summed E-state index contributed by atoms with van der Waals surface area (Å²) in [4.78, 5) is 11.7. The lowest BCUT2D eigenvalue weighted by Gasteiger charge is -2.22. The second-order valence-electron chi connectivity index (χ2n) is 4.68. The highest BCUT2D eigenvalue weighted by Gasteiger charge is 2.15. The summed E-state index contributed by atoms with van der Waals surface area (Å²) in [7, 11) is 0. The molecule has 0 fully saturated rings. The SMILES string of the molecule is CCOCC(NC(=O)CCCCCN)C(C)C. The average Bonchev–Trinajstić information content (AvgIpc) is 2.29. The fraction of sp³-hybridized carbons (Fsp3) is 0.923. The standard InChI is InChI=1S/C13H28N2O2/c1-4-17-10-12(11(2)3)15-13(16)8-6-5-7-9-14/h11-12H,4-10,14H2,1-3H3,(H,15,16). The summed E-state index contributed by atoms with van der Waals surface area (Å²) in [5.41, 5.74) is 5.40. The largest absolute Gasteiger partial charge is 0.380 e. The predicted octanol–water partition coefficient (Wildman–Crippen LogP) is 1.68. The van der Waals surface area contributed by atoms with Crippen LogP contribution in [0.2, 0.25) is 0 Å². The maximum Gasteiger partial charge on any atom is 0.220 e. The van der Waals surface area contributed by atoms with Crippen molar-refractivity contribution in [2.75, 3.05) is 19.8 Å². The molecule has 1 atom stereocenters. The van der Waals surface area contributed by atoms with Crippen molar-refractivity contribution in [2.45, 2.75) is 52.5 Å². The van der Waals surface area contributed by atoms with Crippen molar-refractivity contribution in [1.29, 1.82) is 0 Å². The first kappa shape index (κ1) is 16.4. The molecule has 0 aromatic rings. The van der Waals surface area contributed by atoms with Crippen LogP contribution in [-0.4, -0.2) is 31.7 Å². The second-order valence-corrected chi connectivity index (χ2v) is 4.68. The summed E-state index contributed by atoms with van der Waals surface area (Å²) >= 11 is 0. The topological polar surface area (TPSA) is 64.3 Å². The van der Waals surface area contributed by atoms with Crippen LogP contribution in [0, 0.1) is 5.92 Å². The van der Waals surface area contributed by atoms with E-state index >= 15 is 0 Å². The first-order chi connectivity index (χ1) is 8.11. The highest BCUT2D eigenvalue weighted by Crippen LogP contribution is 2.04. The van der Waals surface area contributed by atoms with Crippen LogP contribution in [0.25, 0.3) is 0 Å². The Labute approximate surface area is 105 Å². The van der Waals surface area contributed by atoms with Gasteiger partial charge in [-0.2, -0.15) is 0 Å². The maximum absolute atomic E-state index is 11.7. The van der Waals surface area contributed by atoms with E-state index in [1.165, 1.54) is 0 Å². The number of nitrogens with two attached hydrogens (primary N) is 1. The van der Waals surface area contributed by atoms with E-state index in [1.54, 1.807) is 0 Å². The molecule has 4 heteroatoms. The Bertz CT molecular complexity index is 196. The Hall–Kier alpha value is -0.610. The molecule has 0 heterocycles. The molecular formula is C13H28N2O2. The summed E-state index contributed by atoms with van der Waals surface area (Å²) in [6, 6.07) is 0.122. The molecule has 1 unspecified atom stereocenters. The molecule has 0 saturated carbocycles. The van der Waals surface area contributed by atoms with Crippen molar-refractivity contribution >= 4 is 5.91 Å². The molecule has 0 rings (SSSR count). The number of carbonyl (C=O) groups is 1. The zero-order chi connectivity index (χ0) is 13.1. The first-order valence-electron chi connectivity index (χ1n) is 6.69. The number of carbonyl (C=O) groups excluding carboxylic acids is 1. The van der Waals surface area contributed by atoms with Crippen LogP contribution in [0.5, 0.6) is 0 Å². The monoisotopic (exact) mass is 244 g/mol. The molecule has 0 aliphatic rings. The Balaban J connectivity index is 3.79. The van der Waals surface area contributed by atoms with Gasteiger partial charge in [-0.15, -0.1) is 0 Å². The molecular weight excluding hydrogens is 216 g/mol. The lowest BCUT2D eigenvalue weighted by molar-refractivity contribution is -0.122. The Morgan fingerprint density at radius 3 is 2.53 bits per heavy atom. The lowest BCUT2D eigenvalue weighted by Crippen LogP contribution is -2.41. The molecule has 0 spiro atoms. The predicted molar refractivity (Wildman–Crippen MR) is 70.8 cm³/mol. The number of nitrogens with one attached hydrogen (secondary N) is 1. The van der Waals surface area contributed by atoms with Gasteiger partial charge in [-0.05, 0) is 32.2 Å². The van der Waals surface area contributed by atoms with Crippen LogP contribution in [0.3, 0.4) is 0 Å². The molecule has 102 valence electrons. The van der Waals surface area contributed by atoms with E-state index in [9.17, 15) is 4.79 Å². The summed E-state index contributed by atoms with van der Waals surface area (Å²) in [5, 5.41) is 3.03. The van der Waals surface area contributed by atoms with Gasteiger partial charge >= 0.3 is 0 Å². The number of hydrogen-bond acceptors (Lipinski definition) is 3. The van der Waals surface area contributed by atoms with Gasteiger partial charge in [0, 0.05) is 13.0 Å². The van der Waals surface area contributed by atoms with E-state index in [0.29, 0.717) is 32.1 Å². The van der Waals surface area contributed by atoms with E-state index in [1.807, 2.05) is 6.92 Å². The molecule has 0 radical (unpaired) electrons. The molecule has 0 saturated heterocycles. The fourth-order valence-electron chi connectivity index (χ4n) is 1.53. The van der Waals surface area contributed by atoms with Crippen molar-refractivity contribution in [3.05, 3.63) is 0 Å². The average molecular weight is 244 g/mol. The molecule has 4 nitrogen and oxygen atoms in total. The summed E-state index contributed by atoms with van der Waals surface area (Å²) < 4.78 is 5.37. The third kappa shape index (κ3) is 9.12. The molecule has 0 aliphatic carbocycles. The zero-order valence-corrected chi connectivity index (χ0v) is 11.5. The van der Waals surface area contributed by atoms with E-state index in [0.717, 1.165) is 19.3 Å². The highest BCUT2D eigenvalue weighted by molar-refractivity contribution is 5.76. The van der Waals surface area contributed by atoms with Crippen molar-refractivity contribution in [3.63, 3.8) is 0 Å². The number of rotatable bonds is 10. The Morgan fingerprint density at radius 2 is 2.00 bits per heavy atom. The van der Waals surface area contributed by atoms with Gasteiger partial charge in [-0.1, -0.05) is 20.3 Å². The van der Waals surface area contributed by atoms with Crippen molar-refractivity contribution in [1.82, 2.24) is 5.32 Å². The lowest BCUT2D eigenvalue weighted by atomic mass is 10.0. The van der Waals surface area contributed by atoms with Crippen LogP contribution < -0.4 is 11.1 Å². The van der Waals surface area contributed by atoms with Gasteiger partial charge in [0.15, 0.2) is 0 Å². The van der Waals surface area contributed by atoms with E-state index < -0.39 is 0 Å². The van der Waals surface area contributed by atoms with Gasteiger partial charge in [0.25, 0.3) is 0 Å². The third-order valence-electron chi connectivity index (χ3n) is 2.76. The van der Waals surface area contributed by atoms with E-state index in [-0.39, 0.29) is 11.9 Å². The fourth-order valence-corrected chi connectivity index (χ4v) is 1.53. The van der Waals surface area contributed by atoms with Gasteiger partial charge in [0.1, 0.15) is 0 Å². The van der Waals surface area contributed by atoms with E-state index in [4.69, 9.17) is 10.5 Å². The minimum absolute atomic E-state index is 0.122. The Kier molecular flexibility index (Phi) is 10.2. The van der Waals surface area contributed by atoms with Gasteiger partial charge < -0.3 is 15.8 Å². The molecule has 0 aliphatic heterocycles. The van der Waals surface area contributed by atoms with Crippen LogP contribution >= 0.6 is 0 Å². The van der Waals surface area contributed by atoms with Gasteiger partial charge in [-0.25, -0.2) is 0 Å².